The largest absolute Gasteiger partial charge is 0.303 e. The molecular weight excluding hydrogens is 328 g/mol. The second kappa shape index (κ2) is 8.51. The van der Waals surface area contributed by atoms with E-state index in [1.165, 1.54) is 6.42 Å². The van der Waals surface area contributed by atoms with E-state index in [0.29, 0.717) is 11.4 Å². The molecule has 0 saturated carbocycles. The number of thioether (sulfide) groups is 1. The van der Waals surface area contributed by atoms with E-state index in [-0.39, 0.29) is 0 Å². The molecule has 1 saturated heterocycles. The molecule has 0 spiro atoms. The minimum atomic E-state index is -3.39. The van der Waals surface area contributed by atoms with Gasteiger partial charge in [-0.3, -0.25) is 0 Å². The maximum absolute atomic E-state index is 12.3. The lowest BCUT2D eigenvalue weighted by atomic mass is 9.92. The van der Waals surface area contributed by atoms with Crippen molar-refractivity contribution in [1.29, 1.82) is 0 Å². The van der Waals surface area contributed by atoms with Crippen molar-refractivity contribution in [1.82, 2.24) is 9.62 Å². The monoisotopic (exact) mass is 356 g/mol. The van der Waals surface area contributed by atoms with Gasteiger partial charge in [0.05, 0.1) is 4.90 Å². The summed E-state index contributed by atoms with van der Waals surface area (Å²) in [5.41, 5.74) is 0. The van der Waals surface area contributed by atoms with Gasteiger partial charge in [-0.05, 0) is 61.7 Å². The highest BCUT2D eigenvalue weighted by Gasteiger charge is 2.21. The van der Waals surface area contributed by atoms with Crippen LogP contribution in [-0.2, 0) is 10.0 Å². The van der Waals surface area contributed by atoms with E-state index in [1.54, 1.807) is 23.9 Å². The van der Waals surface area contributed by atoms with Crippen LogP contribution in [0.25, 0.3) is 0 Å². The highest BCUT2D eigenvalue weighted by molar-refractivity contribution is 7.98. The summed E-state index contributed by atoms with van der Waals surface area (Å²) in [6.07, 6.45) is 4.13. The molecule has 0 bridgehead atoms. The van der Waals surface area contributed by atoms with Gasteiger partial charge in [-0.15, -0.1) is 11.8 Å². The van der Waals surface area contributed by atoms with E-state index in [9.17, 15) is 8.42 Å². The highest BCUT2D eigenvalue weighted by atomic mass is 32.2. The Kier molecular flexibility index (Phi) is 6.95. The fraction of sp³-hybridized carbons (Fsp3) is 0.647. The molecule has 1 aromatic rings. The minimum absolute atomic E-state index is 0.343. The lowest BCUT2D eigenvalue weighted by Crippen LogP contribution is -2.40. The Hall–Kier alpha value is -0.560. The molecule has 0 unspecified atom stereocenters. The molecule has 2 atom stereocenters. The predicted octanol–water partition coefficient (Wildman–Crippen LogP) is 3.05. The van der Waals surface area contributed by atoms with Gasteiger partial charge >= 0.3 is 0 Å². The topological polar surface area (TPSA) is 49.4 Å². The number of piperidine rings is 1. The van der Waals surface area contributed by atoms with Gasteiger partial charge in [0.1, 0.15) is 0 Å². The van der Waals surface area contributed by atoms with Crippen LogP contribution in [-0.4, -0.2) is 45.8 Å². The first-order chi connectivity index (χ1) is 10.9. The quantitative estimate of drug-likeness (QED) is 0.603. The molecule has 2 rings (SSSR count). The Morgan fingerprint density at radius 2 is 1.78 bits per heavy atom. The molecule has 4 nitrogen and oxygen atoms in total. The van der Waals surface area contributed by atoms with Gasteiger partial charge in [0.2, 0.25) is 10.0 Å². The fourth-order valence-corrected chi connectivity index (χ4v) is 4.80. The Morgan fingerprint density at radius 1 is 1.17 bits per heavy atom. The van der Waals surface area contributed by atoms with Crippen LogP contribution in [0.15, 0.2) is 34.1 Å². The number of likely N-dealkylation sites (tertiary alicyclic amines) is 1. The molecule has 1 aromatic carbocycles. The van der Waals surface area contributed by atoms with Gasteiger partial charge in [-0.2, -0.15) is 0 Å². The summed E-state index contributed by atoms with van der Waals surface area (Å²) in [7, 11) is -3.39. The average molecular weight is 357 g/mol. The third-order valence-electron chi connectivity index (χ3n) is 4.26. The molecule has 0 aliphatic carbocycles. The number of hydrogen-bond acceptors (Lipinski definition) is 4. The molecule has 23 heavy (non-hydrogen) atoms. The van der Waals surface area contributed by atoms with E-state index < -0.39 is 10.0 Å². The van der Waals surface area contributed by atoms with Crippen molar-refractivity contribution in [2.75, 3.05) is 32.4 Å². The molecule has 1 N–H and O–H groups in total. The normalized spacial score (nSPS) is 23.1. The number of nitrogens with zero attached hydrogens (tertiary/aromatic N) is 1. The SMILES string of the molecule is CSc1ccc(S(=O)(=O)NCCCN2C[C@@H](C)C[C@H](C)C2)cc1. The van der Waals surface area contributed by atoms with E-state index >= 15 is 0 Å². The summed E-state index contributed by atoms with van der Waals surface area (Å²) in [5, 5.41) is 0. The van der Waals surface area contributed by atoms with Gasteiger partial charge in [-0.1, -0.05) is 13.8 Å². The van der Waals surface area contributed by atoms with Crippen LogP contribution in [0.5, 0.6) is 0 Å². The minimum Gasteiger partial charge on any atom is -0.303 e. The van der Waals surface area contributed by atoms with E-state index in [0.717, 1.165) is 42.8 Å². The lowest BCUT2D eigenvalue weighted by molar-refractivity contribution is 0.140. The molecular formula is C17H28N2O2S2. The van der Waals surface area contributed by atoms with Gasteiger partial charge in [0.15, 0.2) is 0 Å². The van der Waals surface area contributed by atoms with Gasteiger partial charge in [-0.25, -0.2) is 13.1 Å². The molecule has 1 heterocycles. The summed E-state index contributed by atoms with van der Waals surface area (Å²) in [5.74, 6) is 1.48. The summed E-state index contributed by atoms with van der Waals surface area (Å²) in [6.45, 7) is 8.31. The number of nitrogens with one attached hydrogen (secondary N) is 1. The molecule has 1 aliphatic rings. The average Bonchev–Trinajstić information content (AvgIpc) is 2.51. The zero-order chi connectivity index (χ0) is 16.9. The fourth-order valence-electron chi connectivity index (χ4n) is 3.32. The molecule has 1 aliphatic heterocycles. The predicted molar refractivity (Wildman–Crippen MR) is 97.4 cm³/mol. The van der Waals surface area contributed by atoms with Crippen LogP contribution in [0.4, 0.5) is 0 Å². The van der Waals surface area contributed by atoms with Crippen LogP contribution in [0, 0.1) is 11.8 Å². The zero-order valence-corrected chi connectivity index (χ0v) is 15.9. The van der Waals surface area contributed by atoms with Gasteiger partial charge < -0.3 is 4.90 Å². The van der Waals surface area contributed by atoms with Gasteiger partial charge in [0.25, 0.3) is 0 Å². The third kappa shape index (κ3) is 5.78. The Morgan fingerprint density at radius 3 is 2.35 bits per heavy atom. The number of benzene rings is 1. The number of hydrogen-bond donors (Lipinski definition) is 1. The Labute approximate surface area is 145 Å². The lowest BCUT2D eigenvalue weighted by Gasteiger charge is -2.34. The first kappa shape index (κ1) is 18.8. The van der Waals surface area contributed by atoms with Gasteiger partial charge in [0, 0.05) is 24.5 Å². The summed E-state index contributed by atoms with van der Waals surface area (Å²) >= 11 is 1.60. The standard InChI is InChI=1S/C17H28N2O2S2/c1-14-11-15(2)13-19(12-14)10-4-9-18-23(20,21)17-7-5-16(22-3)6-8-17/h5-8,14-15,18H,4,9-13H2,1-3H3/t14-,15-/m0/s1. The van der Waals surface area contributed by atoms with Crippen LogP contribution in [0.1, 0.15) is 26.7 Å². The van der Waals surface area contributed by atoms with Crippen molar-refractivity contribution in [3.8, 4) is 0 Å². The summed E-state index contributed by atoms with van der Waals surface area (Å²) in [6, 6.07) is 7.02. The molecule has 0 aromatic heterocycles. The first-order valence-electron chi connectivity index (χ1n) is 8.27. The summed E-state index contributed by atoms with van der Waals surface area (Å²) < 4.78 is 27.2. The summed E-state index contributed by atoms with van der Waals surface area (Å²) in [4.78, 5) is 3.87. The number of sulfonamides is 1. The van der Waals surface area contributed by atoms with Crippen molar-refractivity contribution in [3.05, 3.63) is 24.3 Å². The Bertz CT molecular complexity index is 577. The Balaban J connectivity index is 1.78. The van der Waals surface area contributed by atoms with Crippen molar-refractivity contribution in [2.45, 2.75) is 36.5 Å². The second-order valence-corrected chi connectivity index (χ2v) is 9.28. The smallest absolute Gasteiger partial charge is 0.240 e. The van der Waals surface area contributed by atoms with Crippen molar-refractivity contribution in [2.24, 2.45) is 11.8 Å². The van der Waals surface area contributed by atoms with Crippen LogP contribution >= 0.6 is 11.8 Å². The van der Waals surface area contributed by atoms with E-state index in [4.69, 9.17) is 0 Å². The zero-order valence-electron chi connectivity index (χ0n) is 14.3. The van der Waals surface area contributed by atoms with E-state index in [2.05, 4.69) is 23.5 Å². The first-order valence-corrected chi connectivity index (χ1v) is 11.0. The highest BCUT2D eigenvalue weighted by Crippen LogP contribution is 2.21. The second-order valence-electron chi connectivity index (χ2n) is 6.63. The maximum atomic E-state index is 12.3. The van der Waals surface area contributed by atoms with Crippen LogP contribution < -0.4 is 4.72 Å². The van der Waals surface area contributed by atoms with Crippen LogP contribution in [0.2, 0.25) is 0 Å². The molecule has 1 fully saturated rings. The third-order valence-corrected chi connectivity index (χ3v) is 6.48. The molecule has 0 radical (unpaired) electrons. The molecule has 6 heteroatoms. The number of rotatable bonds is 7. The van der Waals surface area contributed by atoms with E-state index in [1.807, 2.05) is 18.4 Å². The maximum Gasteiger partial charge on any atom is 0.240 e. The molecule has 130 valence electrons. The van der Waals surface area contributed by atoms with Crippen molar-refractivity contribution < 1.29 is 8.42 Å². The van der Waals surface area contributed by atoms with Crippen LogP contribution in [0.3, 0.4) is 0 Å². The van der Waals surface area contributed by atoms with Crippen molar-refractivity contribution >= 4 is 21.8 Å². The molecule has 0 amide bonds. The van der Waals surface area contributed by atoms with Crippen molar-refractivity contribution in [3.63, 3.8) is 0 Å².